The number of fused-ring (bicyclic) bond motifs is 1. The van der Waals surface area contributed by atoms with Crippen LogP contribution in [0.2, 0.25) is 0 Å². The van der Waals surface area contributed by atoms with Crippen molar-refractivity contribution >= 4 is 39.5 Å². The van der Waals surface area contributed by atoms with E-state index in [1.807, 2.05) is 29.8 Å². The topological polar surface area (TPSA) is 66.4 Å². The molecule has 6 heteroatoms. The first-order valence-corrected chi connectivity index (χ1v) is 9.81. The van der Waals surface area contributed by atoms with E-state index in [0.29, 0.717) is 23.1 Å². The number of benzene rings is 1. The second kappa shape index (κ2) is 5.66. The summed E-state index contributed by atoms with van der Waals surface area (Å²) in [6.45, 7) is 0. The molecule has 2 aliphatic carbocycles. The van der Waals surface area contributed by atoms with Crippen molar-refractivity contribution in [3.63, 3.8) is 0 Å². The predicted octanol–water partition coefficient (Wildman–Crippen LogP) is 3.44. The Morgan fingerprint density at radius 1 is 1.28 bits per heavy atom. The fourth-order valence-electron chi connectivity index (χ4n) is 4.18. The van der Waals surface area contributed by atoms with Gasteiger partial charge in [0.25, 0.3) is 5.91 Å². The van der Waals surface area contributed by atoms with Crippen LogP contribution in [-0.4, -0.2) is 22.9 Å². The van der Waals surface area contributed by atoms with Crippen molar-refractivity contribution < 1.29 is 4.79 Å². The number of nitrogens with zero attached hydrogens (tertiary/aromatic N) is 2. The van der Waals surface area contributed by atoms with Gasteiger partial charge in [0.2, 0.25) is 5.96 Å². The fourth-order valence-corrected chi connectivity index (χ4v) is 4.91. The van der Waals surface area contributed by atoms with Crippen LogP contribution in [0.5, 0.6) is 0 Å². The van der Waals surface area contributed by atoms with Gasteiger partial charge in [-0.05, 0) is 48.4 Å². The van der Waals surface area contributed by atoms with Gasteiger partial charge < -0.3 is 5.32 Å². The van der Waals surface area contributed by atoms with E-state index in [-0.39, 0.29) is 5.91 Å². The molecule has 25 heavy (non-hydrogen) atoms. The van der Waals surface area contributed by atoms with E-state index in [2.05, 4.69) is 20.6 Å². The molecule has 2 N–H and O–H groups in total. The molecule has 1 atom stereocenters. The molecule has 0 radical (unpaired) electrons. The molecule has 1 aromatic heterocycles. The minimum absolute atomic E-state index is 0.134. The van der Waals surface area contributed by atoms with E-state index in [1.54, 1.807) is 11.3 Å². The Balaban J connectivity index is 1.33. The van der Waals surface area contributed by atoms with Gasteiger partial charge in [0.15, 0.2) is 0 Å². The summed E-state index contributed by atoms with van der Waals surface area (Å²) in [4.78, 5) is 21.0. The smallest absolute Gasteiger partial charge is 0.276 e. The molecule has 1 amide bonds. The highest BCUT2D eigenvalue weighted by Gasteiger charge is 2.54. The summed E-state index contributed by atoms with van der Waals surface area (Å²) in [5.41, 5.74) is 4.72. The Kier molecular flexibility index (Phi) is 3.41. The van der Waals surface area contributed by atoms with Gasteiger partial charge in [-0.1, -0.05) is 25.3 Å². The van der Waals surface area contributed by atoms with Gasteiger partial charge in [0, 0.05) is 6.04 Å². The molecule has 2 fully saturated rings. The number of aromatic nitrogens is 1. The standard InChI is InChI=1S/C19H20N4OS/c24-17-14(8-12-4-5-13-15(9-12)25-11-20-13)21-18(23-17)22-16-10-19(16)6-2-1-3-7-19/h4-5,8-9,11,16H,1-3,6-7,10H2,(H2,21,22,23,24)/b14-8-. The van der Waals surface area contributed by atoms with Gasteiger partial charge in [-0.3, -0.25) is 10.1 Å². The molecule has 128 valence electrons. The predicted molar refractivity (Wildman–Crippen MR) is 100 cm³/mol. The first-order valence-electron chi connectivity index (χ1n) is 8.93. The van der Waals surface area contributed by atoms with Crippen LogP contribution in [0.15, 0.2) is 34.4 Å². The number of guanidine groups is 1. The van der Waals surface area contributed by atoms with E-state index in [1.165, 1.54) is 38.5 Å². The molecule has 1 aliphatic heterocycles. The van der Waals surface area contributed by atoms with Crippen LogP contribution >= 0.6 is 11.3 Å². The molecule has 0 saturated heterocycles. The summed E-state index contributed by atoms with van der Waals surface area (Å²) in [6.07, 6.45) is 9.70. The van der Waals surface area contributed by atoms with Gasteiger partial charge in [-0.15, -0.1) is 11.3 Å². The molecular weight excluding hydrogens is 332 g/mol. The third kappa shape index (κ3) is 2.74. The molecule has 3 aliphatic rings. The summed E-state index contributed by atoms with van der Waals surface area (Å²) in [5, 5.41) is 6.33. The lowest BCUT2D eigenvalue weighted by molar-refractivity contribution is -0.115. The number of carbonyl (C=O) groups excluding carboxylic acids is 1. The van der Waals surface area contributed by atoms with Crippen molar-refractivity contribution in [2.45, 2.75) is 44.6 Å². The van der Waals surface area contributed by atoms with E-state index < -0.39 is 0 Å². The van der Waals surface area contributed by atoms with Gasteiger partial charge in [-0.2, -0.15) is 0 Å². The number of nitrogens with one attached hydrogen (secondary N) is 2. The molecule has 5 nitrogen and oxygen atoms in total. The van der Waals surface area contributed by atoms with E-state index >= 15 is 0 Å². The van der Waals surface area contributed by atoms with Crippen LogP contribution in [0.4, 0.5) is 0 Å². The van der Waals surface area contributed by atoms with Crippen molar-refractivity contribution in [3.8, 4) is 0 Å². The maximum absolute atomic E-state index is 12.2. The summed E-state index contributed by atoms with van der Waals surface area (Å²) in [5.74, 6) is 0.479. The molecule has 1 aromatic carbocycles. The summed E-state index contributed by atoms with van der Waals surface area (Å²) < 4.78 is 1.12. The minimum atomic E-state index is -0.134. The first kappa shape index (κ1) is 15.1. The van der Waals surface area contributed by atoms with Crippen molar-refractivity contribution in [2.75, 3.05) is 0 Å². The Hall–Kier alpha value is -2.21. The highest BCUT2D eigenvalue weighted by Crippen LogP contribution is 2.56. The highest BCUT2D eigenvalue weighted by molar-refractivity contribution is 7.16. The summed E-state index contributed by atoms with van der Waals surface area (Å²) in [7, 11) is 0. The third-order valence-corrected chi connectivity index (χ3v) is 6.50. The zero-order valence-electron chi connectivity index (χ0n) is 13.9. The monoisotopic (exact) mass is 352 g/mol. The lowest BCUT2D eigenvalue weighted by atomic mass is 9.86. The normalized spacial score (nSPS) is 26.1. The quantitative estimate of drug-likeness (QED) is 0.814. The maximum Gasteiger partial charge on any atom is 0.276 e. The minimum Gasteiger partial charge on any atom is -0.352 e. The Morgan fingerprint density at radius 2 is 2.16 bits per heavy atom. The number of amides is 1. The lowest BCUT2D eigenvalue weighted by Crippen LogP contribution is -2.39. The number of thiazole rings is 1. The molecule has 5 rings (SSSR count). The van der Waals surface area contributed by atoms with Crippen LogP contribution in [-0.2, 0) is 4.79 Å². The zero-order valence-corrected chi connectivity index (χ0v) is 14.7. The van der Waals surface area contributed by atoms with Crippen molar-refractivity contribution in [1.82, 2.24) is 15.6 Å². The number of aliphatic imine (C=N–C) groups is 1. The summed E-state index contributed by atoms with van der Waals surface area (Å²) in [6, 6.07) is 6.47. The van der Waals surface area contributed by atoms with Gasteiger partial charge >= 0.3 is 0 Å². The number of hydrogen-bond donors (Lipinski definition) is 2. The summed E-state index contributed by atoms with van der Waals surface area (Å²) >= 11 is 1.60. The average molecular weight is 352 g/mol. The SMILES string of the molecule is O=C1NC(NC2CC23CCCCC3)=N/C1=C\c1ccc2ncsc2c1. The average Bonchev–Trinajstić information content (AvgIpc) is 2.97. The van der Waals surface area contributed by atoms with E-state index in [9.17, 15) is 4.79 Å². The van der Waals surface area contributed by atoms with Crippen molar-refractivity contribution in [1.29, 1.82) is 0 Å². The molecule has 0 bridgehead atoms. The first-order chi connectivity index (χ1) is 12.2. The molecular formula is C19H20N4OS. The molecule has 2 aromatic rings. The van der Waals surface area contributed by atoms with Gasteiger partial charge in [0.05, 0.1) is 15.7 Å². The molecule has 2 saturated carbocycles. The van der Waals surface area contributed by atoms with Gasteiger partial charge in [-0.25, -0.2) is 9.98 Å². The van der Waals surface area contributed by atoms with Crippen LogP contribution < -0.4 is 10.6 Å². The van der Waals surface area contributed by atoms with E-state index in [0.717, 1.165) is 15.8 Å². The Labute approximate surface area is 150 Å². The Bertz CT molecular complexity index is 907. The zero-order chi connectivity index (χ0) is 16.9. The van der Waals surface area contributed by atoms with E-state index in [4.69, 9.17) is 0 Å². The highest BCUT2D eigenvalue weighted by atomic mass is 32.1. The van der Waals surface area contributed by atoms with Crippen LogP contribution in [0.1, 0.15) is 44.1 Å². The van der Waals surface area contributed by atoms with Crippen molar-refractivity contribution in [3.05, 3.63) is 35.0 Å². The fraction of sp³-hybridized carbons (Fsp3) is 0.421. The molecule has 1 spiro atoms. The van der Waals surface area contributed by atoms with Gasteiger partial charge in [0.1, 0.15) is 5.70 Å². The lowest BCUT2D eigenvalue weighted by Gasteiger charge is -2.22. The van der Waals surface area contributed by atoms with Crippen LogP contribution in [0.3, 0.4) is 0 Å². The number of carbonyl (C=O) groups is 1. The maximum atomic E-state index is 12.2. The molecule has 2 heterocycles. The van der Waals surface area contributed by atoms with Crippen molar-refractivity contribution in [2.24, 2.45) is 10.4 Å². The number of rotatable bonds is 2. The number of hydrogen-bond acceptors (Lipinski definition) is 5. The third-order valence-electron chi connectivity index (χ3n) is 5.71. The Morgan fingerprint density at radius 3 is 3.04 bits per heavy atom. The largest absolute Gasteiger partial charge is 0.352 e. The van der Waals surface area contributed by atoms with Crippen LogP contribution in [0.25, 0.3) is 16.3 Å². The second-order valence-electron chi connectivity index (χ2n) is 7.35. The van der Waals surface area contributed by atoms with Crippen LogP contribution in [0, 0.1) is 5.41 Å². The second-order valence-corrected chi connectivity index (χ2v) is 8.23. The molecule has 1 unspecified atom stereocenters.